The minimum absolute atomic E-state index is 0.189. The van der Waals surface area contributed by atoms with Crippen LogP contribution in [0.2, 0.25) is 0 Å². The Hall–Kier alpha value is -2.25. The highest BCUT2D eigenvalue weighted by Gasteiger charge is 2.45. The van der Waals surface area contributed by atoms with E-state index in [1.165, 1.54) is 11.8 Å². The molecule has 3 heterocycles. The largest absolute Gasteiger partial charge is 0.481 e. The third-order valence-electron chi connectivity index (χ3n) is 8.88. The first-order chi connectivity index (χ1) is 17.0. The van der Waals surface area contributed by atoms with Crippen molar-refractivity contribution in [2.45, 2.75) is 63.8 Å². The molecule has 3 aliphatic rings. The molecule has 35 heavy (non-hydrogen) atoms. The number of hydrogen-bond acceptors (Lipinski definition) is 4. The van der Waals surface area contributed by atoms with Crippen molar-refractivity contribution in [1.82, 2.24) is 19.6 Å². The molecule has 1 aromatic carbocycles. The lowest BCUT2D eigenvalue weighted by Gasteiger charge is -2.35. The Morgan fingerprint density at radius 3 is 2.60 bits per heavy atom. The van der Waals surface area contributed by atoms with Crippen molar-refractivity contribution < 1.29 is 14.3 Å². The maximum Gasteiger partial charge on any atom is 0.310 e. The van der Waals surface area contributed by atoms with E-state index in [-0.39, 0.29) is 11.7 Å². The van der Waals surface area contributed by atoms with E-state index in [1.807, 2.05) is 18.3 Å². The number of nitrogens with zero attached hydrogens (tertiary/aromatic N) is 4. The number of likely N-dealkylation sites (tertiary alicyclic amines) is 2. The lowest BCUT2D eigenvalue weighted by molar-refractivity contribution is -0.149. The van der Waals surface area contributed by atoms with Crippen LogP contribution >= 0.6 is 0 Å². The molecular formula is C28H39FN4O2. The number of hydrogen-bond donors (Lipinski definition) is 1. The molecule has 1 N–H and O–H groups in total. The Morgan fingerprint density at radius 1 is 1.14 bits per heavy atom. The Bertz CT molecular complexity index is 1010. The van der Waals surface area contributed by atoms with E-state index in [9.17, 15) is 14.3 Å². The van der Waals surface area contributed by atoms with Crippen LogP contribution in [-0.2, 0) is 11.3 Å². The van der Waals surface area contributed by atoms with Gasteiger partial charge in [-0.3, -0.25) is 9.48 Å². The SMILES string of the molecule is CCn1nccc1C1CCN(C[C@H]2CN(CC3(C(=O)O)CCCC3)C[C@@H]2c2cccc(F)c2)CC1. The van der Waals surface area contributed by atoms with Crippen LogP contribution in [0.5, 0.6) is 0 Å². The zero-order valence-electron chi connectivity index (χ0n) is 20.9. The normalized spacial score (nSPS) is 25.9. The molecular weight excluding hydrogens is 443 g/mol. The van der Waals surface area contributed by atoms with E-state index in [0.717, 1.165) is 83.4 Å². The number of carbonyl (C=O) groups is 1. The quantitative estimate of drug-likeness (QED) is 0.597. The van der Waals surface area contributed by atoms with Crippen LogP contribution in [0.15, 0.2) is 36.5 Å². The molecule has 0 bridgehead atoms. The smallest absolute Gasteiger partial charge is 0.310 e. The highest BCUT2D eigenvalue weighted by atomic mass is 19.1. The Labute approximate surface area is 208 Å². The molecule has 6 nitrogen and oxygen atoms in total. The van der Waals surface area contributed by atoms with Crippen LogP contribution in [0.3, 0.4) is 0 Å². The Morgan fingerprint density at radius 2 is 1.91 bits per heavy atom. The van der Waals surface area contributed by atoms with Gasteiger partial charge in [0.15, 0.2) is 0 Å². The summed E-state index contributed by atoms with van der Waals surface area (Å²) in [5, 5.41) is 14.5. The highest BCUT2D eigenvalue weighted by molar-refractivity contribution is 5.75. The second kappa shape index (κ2) is 10.4. The summed E-state index contributed by atoms with van der Waals surface area (Å²) in [7, 11) is 0. The number of piperidine rings is 1. The Balaban J connectivity index is 1.27. The lowest BCUT2D eigenvalue weighted by Crippen LogP contribution is -2.41. The van der Waals surface area contributed by atoms with Gasteiger partial charge in [0.05, 0.1) is 5.41 Å². The van der Waals surface area contributed by atoms with Crippen LogP contribution in [0.1, 0.15) is 68.5 Å². The number of rotatable bonds is 8. The lowest BCUT2D eigenvalue weighted by atomic mass is 9.85. The molecule has 2 aromatic rings. The highest BCUT2D eigenvalue weighted by Crippen LogP contribution is 2.42. The van der Waals surface area contributed by atoms with Gasteiger partial charge in [0.25, 0.3) is 0 Å². The first-order valence-corrected chi connectivity index (χ1v) is 13.4. The molecule has 190 valence electrons. The second-order valence-electron chi connectivity index (χ2n) is 11.1. The topological polar surface area (TPSA) is 61.6 Å². The van der Waals surface area contributed by atoms with Gasteiger partial charge in [-0.1, -0.05) is 25.0 Å². The summed E-state index contributed by atoms with van der Waals surface area (Å²) in [6, 6.07) is 9.21. The average Bonchev–Trinajstić information content (AvgIpc) is 3.60. The Kier molecular flexibility index (Phi) is 7.26. The molecule has 2 aliphatic heterocycles. The third-order valence-corrected chi connectivity index (χ3v) is 8.88. The van der Waals surface area contributed by atoms with E-state index in [4.69, 9.17) is 0 Å². The fourth-order valence-electron chi connectivity index (χ4n) is 7.01. The summed E-state index contributed by atoms with van der Waals surface area (Å²) in [6.45, 7) is 8.48. The molecule has 1 aromatic heterocycles. The predicted octanol–water partition coefficient (Wildman–Crippen LogP) is 4.58. The molecule has 7 heteroatoms. The number of carboxylic acid groups (broad SMARTS) is 1. The van der Waals surface area contributed by atoms with Gasteiger partial charge in [0, 0.05) is 56.5 Å². The fourth-order valence-corrected chi connectivity index (χ4v) is 7.01. The molecule has 1 saturated carbocycles. The van der Waals surface area contributed by atoms with Gasteiger partial charge in [-0.2, -0.15) is 5.10 Å². The molecule has 0 radical (unpaired) electrons. The van der Waals surface area contributed by atoms with Crippen LogP contribution in [0.4, 0.5) is 4.39 Å². The molecule has 0 spiro atoms. The number of carboxylic acids is 1. The number of benzene rings is 1. The zero-order chi connectivity index (χ0) is 24.4. The fraction of sp³-hybridized carbons (Fsp3) is 0.643. The molecule has 1 aliphatic carbocycles. The van der Waals surface area contributed by atoms with Gasteiger partial charge >= 0.3 is 5.97 Å². The maximum absolute atomic E-state index is 14.1. The first kappa shape index (κ1) is 24.4. The van der Waals surface area contributed by atoms with E-state index < -0.39 is 11.4 Å². The summed E-state index contributed by atoms with van der Waals surface area (Å²) in [6.07, 6.45) is 7.73. The predicted molar refractivity (Wildman–Crippen MR) is 134 cm³/mol. The summed E-state index contributed by atoms with van der Waals surface area (Å²) < 4.78 is 16.2. The summed E-state index contributed by atoms with van der Waals surface area (Å²) in [4.78, 5) is 17.1. The third kappa shape index (κ3) is 5.17. The number of aryl methyl sites for hydroxylation is 1. The molecule has 0 unspecified atom stereocenters. The van der Waals surface area contributed by atoms with Gasteiger partial charge in [-0.25, -0.2) is 4.39 Å². The van der Waals surface area contributed by atoms with Crippen molar-refractivity contribution in [3.8, 4) is 0 Å². The van der Waals surface area contributed by atoms with Crippen molar-refractivity contribution in [1.29, 1.82) is 0 Å². The van der Waals surface area contributed by atoms with Crippen molar-refractivity contribution >= 4 is 5.97 Å². The van der Waals surface area contributed by atoms with Gasteiger partial charge in [0.1, 0.15) is 5.82 Å². The van der Waals surface area contributed by atoms with Crippen molar-refractivity contribution in [3.05, 3.63) is 53.6 Å². The molecule has 3 fully saturated rings. The van der Waals surface area contributed by atoms with Crippen molar-refractivity contribution in [3.63, 3.8) is 0 Å². The summed E-state index contributed by atoms with van der Waals surface area (Å²) >= 11 is 0. The van der Waals surface area contributed by atoms with Gasteiger partial charge in [0.2, 0.25) is 0 Å². The minimum Gasteiger partial charge on any atom is -0.481 e. The van der Waals surface area contributed by atoms with Crippen LogP contribution < -0.4 is 0 Å². The molecule has 2 atom stereocenters. The van der Waals surface area contributed by atoms with E-state index >= 15 is 0 Å². The molecule has 5 rings (SSSR count). The minimum atomic E-state index is -0.644. The first-order valence-electron chi connectivity index (χ1n) is 13.4. The summed E-state index contributed by atoms with van der Waals surface area (Å²) in [5.41, 5.74) is 1.80. The number of halogens is 1. The molecule has 2 saturated heterocycles. The maximum atomic E-state index is 14.1. The average molecular weight is 483 g/mol. The van der Waals surface area contributed by atoms with Crippen LogP contribution in [0, 0.1) is 17.2 Å². The number of aliphatic carboxylic acids is 1. The van der Waals surface area contributed by atoms with Crippen LogP contribution in [-0.4, -0.2) is 69.9 Å². The van der Waals surface area contributed by atoms with E-state index in [1.54, 1.807) is 6.07 Å². The standard InChI is InChI=1S/C28H39FN4O2/c1-2-33-26(8-13-30-33)21-9-14-31(15-10-21)17-23-18-32(20-28(27(34)35)11-3-4-12-28)19-25(23)22-6-5-7-24(29)16-22/h5-8,13,16,21,23,25H,2-4,9-12,14-15,17-20H2,1H3,(H,34,35)/t23-,25+/m0/s1. The van der Waals surface area contributed by atoms with Gasteiger partial charge in [-0.05, 0) is 75.4 Å². The zero-order valence-corrected chi connectivity index (χ0v) is 20.9. The van der Waals surface area contributed by atoms with Crippen molar-refractivity contribution in [2.75, 3.05) is 39.3 Å². The number of aromatic nitrogens is 2. The van der Waals surface area contributed by atoms with Crippen molar-refractivity contribution in [2.24, 2.45) is 11.3 Å². The summed E-state index contributed by atoms with van der Waals surface area (Å²) in [5.74, 6) is 0.338. The van der Waals surface area contributed by atoms with Crippen LogP contribution in [0.25, 0.3) is 0 Å². The van der Waals surface area contributed by atoms with Gasteiger partial charge in [-0.15, -0.1) is 0 Å². The van der Waals surface area contributed by atoms with E-state index in [2.05, 4.69) is 32.6 Å². The monoisotopic (exact) mass is 482 g/mol. The van der Waals surface area contributed by atoms with Gasteiger partial charge < -0.3 is 14.9 Å². The van der Waals surface area contributed by atoms with E-state index in [0.29, 0.717) is 18.4 Å². The second-order valence-corrected chi connectivity index (χ2v) is 11.1. The molecule has 0 amide bonds.